The molecule has 2 aromatic heterocycles. The third-order valence-corrected chi connectivity index (χ3v) is 9.65. The summed E-state index contributed by atoms with van der Waals surface area (Å²) in [6.45, 7) is 9.85. The minimum Gasteiger partial charge on any atom is -0.465 e. The van der Waals surface area contributed by atoms with E-state index >= 15 is 0 Å². The standard InChI is InChI=1S/C24H24N2O4.C22H16N2O2.C2H6O/c1-15-5-9-17(10-6-15)25-21-13-20(24(28)30-4)22(14-19(21)23(27)29-3)26-18-11-7-16(2)8-12-18;1-11-3-5-17-13(7-11)21(25)15-9-20-16(10-19(15)23-17)22(26)14-8-12(2)4-6-18(14)24-20;1-2-3/h5-14,25-26H,1-4H3;3-10H,1-2H3,(H,23,25)(H,24,26);3H,2H2,1H3. The Labute approximate surface area is 340 Å². The number of aliphatic hydroxyl groups is 1. The molecule has 59 heavy (non-hydrogen) atoms. The van der Waals surface area contributed by atoms with Gasteiger partial charge in [0.2, 0.25) is 0 Å². The molecule has 11 nitrogen and oxygen atoms in total. The minimum atomic E-state index is -0.520. The Morgan fingerprint density at radius 3 is 1.17 bits per heavy atom. The number of anilines is 4. The van der Waals surface area contributed by atoms with Crippen molar-refractivity contribution in [1.82, 2.24) is 9.97 Å². The number of nitrogens with one attached hydrogen (secondary N) is 4. The number of fused-ring (bicyclic) bond motifs is 4. The van der Waals surface area contributed by atoms with E-state index in [4.69, 9.17) is 14.6 Å². The molecule has 0 saturated heterocycles. The molecule has 0 radical (unpaired) electrons. The molecule has 0 aliphatic carbocycles. The second kappa shape index (κ2) is 17.9. The minimum absolute atomic E-state index is 0.0239. The third kappa shape index (κ3) is 9.16. The van der Waals surface area contributed by atoms with Gasteiger partial charge in [0.1, 0.15) is 0 Å². The number of ether oxygens (including phenoxy) is 2. The highest BCUT2D eigenvalue weighted by molar-refractivity contribution is 6.05. The topological polar surface area (TPSA) is 163 Å². The average molecular weight is 791 g/mol. The van der Waals surface area contributed by atoms with E-state index in [0.717, 1.165) is 44.7 Å². The van der Waals surface area contributed by atoms with Crippen LogP contribution in [0.4, 0.5) is 22.7 Å². The molecule has 0 aliphatic heterocycles. The number of benzene rings is 6. The smallest absolute Gasteiger partial charge is 0.340 e. The van der Waals surface area contributed by atoms with E-state index in [2.05, 4.69) is 20.6 Å². The van der Waals surface area contributed by atoms with Crippen LogP contribution in [0.2, 0.25) is 0 Å². The van der Waals surface area contributed by atoms with Crippen LogP contribution in [0.15, 0.2) is 119 Å². The van der Waals surface area contributed by atoms with Crippen molar-refractivity contribution in [1.29, 1.82) is 0 Å². The van der Waals surface area contributed by atoms with E-state index in [1.807, 2.05) is 113 Å². The maximum absolute atomic E-state index is 13.0. The molecule has 0 unspecified atom stereocenters. The van der Waals surface area contributed by atoms with Gasteiger partial charge in [-0.25, -0.2) is 9.59 Å². The highest BCUT2D eigenvalue weighted by Crippen LogP contribution is 2.32. The van der Waals surface area contributed by atoms with Crippen LogP contribution in [0.3, 0.4) is 0 Å². The average Bonchev–Trinajstić information content (AvgIpc) is 3.23. The quantitative estimate of drug-likeness (QED) is 0.0816. The van der Waals surface area contributed by atoms with Gasteiger partial charge in [-0.05, 0) is 107 Å². The van der Waals surface area contributed by atoms with Gasteiger partial charge >= 0.3 is 11.9 Å². The first-order chi connectivity index (χ1) is 28.3. The molecule has 6 aromatic carbocycles. The van der Waals surface area contributed by atoms with Crippen molar-refractivity contribution in [3.63, 3.8) is 0 Å². The molecule has 0 atom stereocenters. The predicted octanol–water partition coefficient (Wildman–Crippen LogP) is 9.66. The van der Waals surface area contributed by atoms with E-state index in [-0.39, 0.29) is 17.5 Å². The van der Waals surface area contributed by atoms with Crippen molar-refractivity contribution in [3.8, 4) is 0 Å². The zero-order valence-electron chi connectivity index (χ0n) is 34.0. The molecule has 8 rings (SSSR count). The Morgan fingerprint density at radius 1 is 0.508 bits per heavy atom. The number of aliphatic hydroxyl groups excluding tert-OH is 1. The molecule has 0 saturated carbocycles. The third-order valence-electron chi connectivity index (χ3n) is 9.65. The van der Waals surface area contributed by atoms with Crippen LogP contribution in [0, 0.1) is 27.7 Å². The number of hydrogen-bond donors (Lipinski definition) is 5. The summed E-state index contributed by atoms with van der Waals surface area (Å²) in [5.41, 5.74) is 10.2. The van der Waals surface area contributed by atoms with Gasteiger partial charge in [-0.1, -0.05) is 58.7 Å². The van der Waals surface area contributed by atoms with Gasteiger partial charge in [0.15, 0.2) is 10.9 Å². The summed E-state index contributed by atoms with van der Waals surface area (Å²) >= 11 is 0. The molecular formula is C48H46N4O7. The highest BCUT2D eigenvalue weighted by atomic mass is 16.5. The van der Waals surface area contributed by atoms with Crippen LogP contribution in [0.1, 0.15) is 49.9 Å². The Kier molecular flexibility index (Phi) is 12.6. The van der Waals surface area contributed by atoms with Gasteiger partial charge < -0.3 is 35.2 Å². The van der Waals surface area contributed by atoms with E-state index < -0.39 is 11.9 Å². The van der Waals surface area contributed by atoms with Gasteiger partial charge in [-0.2, -0.15) is 0 Å². The molecule has 2 heterocycles. The Hall–Kier alpha value is -7.24. The summed E-state index contributed by atoms with van der Waals surface area (Å²) in [4.78, 5) is 57.5. The number of esters is 2. The van der Waals surface area contributed by atoms with E-state index in [1.165, 1.54) is 14.2 Å². The first kappa shape index (κ1) is 41.4. The summed E-state index contributed by atoms with van der Waals surface area (Å²) in [6.07, 6.45) is 0. The van der Waals surface area contributed by atoms with Crippen LogP contribution in [-0.4, -0.2) is 47.8 Å². The number of rotatable bonds is 6. The lowest BCUT2D eigenvalue weighted by Gasteiger charge is -2.17. The van der Waals surface area contributed by atoms with E-state index in [1.54, 1.807) is 31.2 Å². The molecule has 0 fully saturated rings. The van der Waals surface area contributed by atoms with Crippen LogP contribution < -0.4 is 21.5 Å². The molecule has 300 valence electrons. The van der Waals surface area contributed by atoms with Crippen molar-refractivity contribution in [2.24, 2.45) is 0 Å². The first-order valence-electron chi connectivity index (χ1n) is 19.0. The molecule has 5 N–H and O–H groups in total. The second-order valence-corrected chi connectivity index (χ2v) is 14.2. The van der Waals surface area contributed by atoms with Crippen molar-refractivity contribution >= 4 is 78.3 Å². The lowest BCUT2D eigenvalue weighted by molar-refractivity contribution is 0.0588. The molecule has 0 aliphatic rings. The van der Waals surface area contributed by atoms with Gasteiger partial charge in [0.05, 0.1) is 47.8 Å². The number of carbonyl (C=O) groups excluding carboxylic acids is 2. The molecular weight excluding hydrogens is 745 g/mol. The molecule has 8 aromatic rings. The van der Waals surface area contributed by atoms with Crippen molar-refractivity contribution in [2.75, 3.05) is 31.5 Å². The largest absolute Gasteiger partial charge is 0.465 e. The fourth-order valence-corrected chi connectivity index (χ4v) is 6.62. The van der Waals surface area contributed by atoms with Gasteiger partial charge in [0, 0.05) is 50.6 Å². The van der Waals surface area contributed by atoms with Crippen molar-refractivity contribution in [3.05, 3.63) is 163 Å². The normalized spacial score (nSPS) is 10.7. The van der Waals surface area contributed by atoms with E-state index in [0.29, 0.717) is 55.1 Å². The van der Waals surface area contributed by atoms with Gasteiger partial charge in [0.25, 0.3) is 0 Å². The summed E-state index contributed by atoms with van der Waals surface area (Å²) in [5, 5.41) is 16.5. The number of methoxy groups -OCH3 is 2. The summed E-state index contributed by atoms with van der Waals surface area (Å²) in [6, 6.07) is 33.7. The lowest BCUT2D eigenvalue weighted by Crippen LogP contribution is -2.12. The van der Waals surface area contributed by atoms with E-state index in [9.17, 15) is 19.2 Å². The molecule has 0 amide bonds. The number of aromatic nitrogens is 2. The van der Waals surface area contributed by atoms with Crippen LogP contribution in [0.5, 0.6) is 0 Å². The number of aromatic amines is 2. The zero-order valence-corrected chi connectivity index (χ0v) is 34.0. The predicted molar refractivity (Wildman–Crippen MR) is 238 cm³/mol. The second-order valence-electron chi connectivity index (χ2n) is 14.2. The number of aryl methyl sites for hydroxylation is 4. The maximum atomic E-state index is 13.0. The Bertz CT molecular complexity index is 2770. The van der Waals surface area contributed by atoms with Crippen LogP contribution in [0.25, 0.3) is 43.6 Å². The maximum Gasteiger partial charge on any atom is 0.340 e. The lowest BCUT2D eigenvalue weighted by atomic mass is 10.0. The summed E-state index contributed by atoms with van der Waals surface area (Å²) in [7, 11) is 2.64. The monoisotopic (exact) mass is 790 g/mol. The zero-order chi connectivity index (χ0) is 42.4. The Morgan fingerprint density at radius 2 is 0.831 bits per heavy atom. The first-order valence-corrected chi connectivity index (χ1v) is 19.0. The summed E-state index contributed by atoms with van der Waals surface area (Å²) in [5.74, 6) is -1.04. The number of H-pyrrole nitrogens is 2. The van der Waals surface area contributed by atoms with Crippen molar-refractivity contribution < 1.29 is 24.2 Å². The van der Waals surface area contributed by atoms with Gasteiger partial charge in [-0.3, -0.25) is 9.59 Å². The highest BCUT2D eigenvalue weighted by Gasteiger charge is 2.21. The molecule has 0 bridgehead atoms. The number of pyridine rings is 2. The van der Waals surface area contributed by atoms with Gasteiger partial charge in [-0.15, -0.1) is 0 Å². The fraction of sp³-hybridized carbons (Fsp3) is 0.167. The Balaban J connectivity index is 0.000000187. The summed E-state index contributed by atoms with van der Waals surface area (Å²) < 4.78 is 9.92. The van der Waals surface area contributed by atoms with Crippen LogP contribution in [-0.2, 0) is 9.47 Å². The number of carbonyl (C=O) groups is 2. The van der Waals surface area contributed by atoms with Crippen LogP contribution >= 0.6 is 0 Å². The molecule has 11 heteroatoms. The SMILES string of the molecule is CCO.COC(=O)c1cc(Nc2ccc(C)cc2)c(C(=O)OC)cc1Nc1ccc(C)cc1.Cc1ccc2[nH]c3cc4c(=O)c5cc(C)ccc5[nH]c4cc3c(=O)c2c1. The fourth-order valence-electron chi connectivity index (χ4n) is 6.62. The van der Waals surface area contributed by atoms with Crippen molar-refractivity contribution in [2.45, 2.75) is 34.6 Å². The number of hydrogen-bond acceptors (Lipinski definition) is 9. The molecule has 0 spiro atoms.